The van der Waals surface area contributed by atoms with Gasteiger partial charge in [-0.2, -0.15) is 0 Å². The number of halogens is 1. The fourth-order valence-electron chi connectivity index (χ4n) is 2.43. The first kappa shape index (κ1) is 17.8. The van der Waals surface area contributed by atoms with Gasteiger partial charge in [-0.1, -0.05) is 46.3 Å². The Hall–Kier alpha value is -2.05. The quantitative estimate of drug-likeness (QED) is 0.761. The van der Waals surface area contributed by atoms with Crippen LogP contribution in [0.2, 0.25) is 0 Å². The van der Waals surface area contributed by atoms with E-state index in [1.807, 2.05) is 54.6 Å². The molecule has 1 heterocycles. The number of alkyl carbamates (subject to hydrolysis) is 1. The van der Waals surface area contributed by atoms with Gasteiger partial charge in [-0.05, 0) is 29.8 Å². The largest absolute Gasteiger partial charge is 0.493 e. The number of hydrogen-bond donors (Lipinski definition) is 1. The molecule has 0 spiro atoms. The highest BCUT2D eigenvalue weighted by Gasteiger charge is 2.40. The Morgan fingerprint density at radius 2 is 1.84 bits per heavy atom. The number of benzene rings is 2. The van der Waals surface area contributed by atoms with Crippen LogP contribution >= 0.6 is 15.9 Å². The third-order valence-electron chi connectivity index (χ3n) is 4.00. The topological polar surface area (TPSA) is 56.8 Å². The van der Waals surface area contributed by atoms with Gasteiger partial charge >= 0.3 is 6.09 Å². The molecular weight excluding hydrogens is 386 g/mol. The van der Waals surface area contributed by atoms with Crippen LogP contribution in [0.4, 0.5) is 4.79 Å². The molecule has 0 aliphatic carbocycles. The highest BCUT2D eigenvalue weighted by Crippen LogP contribution is 2.28. The fraction of sp³-hybridized carbons (Fsp3) is 0.316. The van der Waals surface area contributed by atoms with Crippen LogP contribution in [0.1, 0.15) is 5.56 Å². The third kappa shape index (κ3) is 5.21. The number of carbonyl (C=O) groups excluding carboxylic acids is 1. The highest BCUT2D eigenvalue weighted by molar-refractivity contribution is 9.10. The number of ether oxygens (including phenoxy) is 3. The van der Waals surface area contributed by atoms with Gasteiger partial charge in [0.25, 0.3) is 0 Å². The van der Waals surface area contributed by atoms with Crippen molar-refractivity contribution in [3.63, 3.8) is 0 Å². The Kier molecular flexibility index (Phi) is 5.94. The van der Waals surface area contributed by atoms with Crippen LogP contribution in [0, 0.1) is 5.41 Å². The number of amides is 1. The zero-order valence-corrected chi connectivity index (χ0v) is 15.3. The molecular formula is C19H20BrNO4. The molecule has 0 atom stereocenters. The second-order valence-electron chi connectivity index (χ2n) is 6.15. The lowest BCUT2D eigenvalue weighted by molar-refractivity contribution is -0.128. The van der Waals surface area contributed by atoms with E-state index in [4.69, 9.17) is 14.2 Å². The summed E-state index contributed by atoms with van der Waals surface area (Å²) >= 11 is 3.40. The van der Waals surface area contributed by atoms with Crippen molar-refractivity contribution < 1.29 is 19.0 Å². The van der Waals surface area contributed by atoms with Gasteiger partial charge in [-0.25, -0.2) is 4.79 Å². The summed E-state index contributed by atoms with van der Waals surface area (Å²) in [6.45, 7) is 2.31. The van der Waals surface area contributed by atoms with Crippen molar-refractivity contribution in [2.75, 3.05) is 26.4 Å². The molecule has 3 rings (SSSR count). The van der Waals surface area contributed by atoms with Crippen LogP contribution in [0.3, 0.4) is 0 Å². The molecule has 1 amide bonds. The summed E-state index contributed by atoms with van der Waals surface area (Å²) in [7, 11) is 0. The van der Waals surface area contributed by atoms with Crippen molar-refractivity contribution in [1.29, 1.82) is 0 Å². The number of nitrogens with one attached hydrogen (secondary N) is 1. The van der Waals surface area contributed by atoms with E-state index in [0.717, 1.165) is 15.8 Å². The lowest BCUT2D eigenvalue weighted by Crippen LogP contribution is -2.54. The average Bonchev–Trinajstić information content (AvgIpc) is 2.61. The molecule has 1 N–H and O–H groups in total. The summed E-state index contributed by atoms with van der Waals surface area (Å²) < 4.78 is 17.4. The van der Waals surface area contributed by atoms with Gasteiger partial charge < -0.3 is 19.5 Å². The monoisotopic (exact) mass is 405 g/mol. The molecule has 0 aromatic heterocycles. The molecule has 0 saturated carbocycles. The van der Waals surface area contributed by atoms with Crippen molar-refractivity contribution in [3.05, 3.63) is 64.6 Å². The average molecular weight is 406 g/mol. The van der Waals surface area contributed by atoms with E-state index in [1.165, 1.54) is 0 Å². The summed E-state index contributed by atoms with van der Waals surface area (Å²) in [6.07, 6.45) is -0.432. The van der Waals surface area contributed by atoms with Gasteiger partial charge in [-0.15, -0.1) is 0 Å². The molecule has 0 unspecified atom stereocenters. The summed E-state index contributed by atoms with van der Waals surface area (Å²) in [5.74, 6) is 0.793. The number of hydrogen-bond acceptors (Lipinski definition) is 4. The molecule has 0 bridgehead atoms. The number of rotatable bonds is 7. The Balaban J connectivity index is 1.43. The maximum absolute atomic E-state index is 11.9. The Bertz CT molecular complexity index is 686. The van der Waals surface area contributed by atoms with Gasteiger partial charge in [0.1, 0.15) is 12.4 Å². The van der Waals surface area contributed by atoms with E-state index in [9.17, 15) is 4.79 Å². The first-order valence-corrected chi connectivity index (χ1v) is 8.85. The minimum atomic E-state index is -0.432. The van der Waals surface area contributed by atoms with E-state index in [1.54, 1.807) is 0 Å². The van der Waals surface area contributed by atoms with Crippen molar-refractivity contribution >= 4 is 22.0 Å². The zero-order valence-electron chi connectivity index (χ0n) is 13.7. The smallest absolute Gasteiger partial charge is 0.407 e. The molecule has 1 saturated heterocycles. The molecule has 0 radical (unpaired) electrons. The standard InChI is InChI=1S/C19H20BrNO4/c20-16-6-8-17(9-7-16)25-14-19(12-23-13-19)11-21-18(22)24-10-15-4-2-1-3-5-15/h1-9H,10-14H2,(H,21,22). The molecule has 132 valence electrons. The normalized spacial score (nSPS) is 15.1. The van der Waals surface area contributed by atoms with Crippen molar-refractivity contribution in [2.24, 2.45) is 5.41 Å². The summed E-state index contributed by atoms with van der Waals surface area (Å²) in [5, 5.41) is 2.81. The van der Waals surface area contributed by atoms with E-state index in [2.05, 4.69) is 21.2 Å². The maximum Gasteiger partial charge on any atom is 0.407 e. The van der Waals surface area contributed by atoms with Gasteiger partial charge in [0.2, 0.25) is 0 Å². The van der Waals surface area contributed by atoms with Crippen LogP contribution in [0.25, 0.3) is 0 Å². The highest BCUT2D eigenvalue weighted by atomic mass is 79.9. The van der Waals surface area contributed by atoms with E-state index < -0.39 is 6.09 Å². The molecule has 1 fully saturated rings. The van der Waals surface area contributed by atoms with Gasteiger partial charge in [0.15, 0.2) is 0 Å². The summed E-state index contributed by atoms with van der Waals surface area (Å²) in [4.78, 5) is 11.9. The zero-order chi connectivity index (χ0) is 17.5. The lowest BCUT2D eigenvalue weighted by atomic mass is 9.87. The van der Waals surface area contributed by atoms with Crippen LogP contribution in [-0.2, 0) is 16.1 Å². The minimum Gasteiger partial charge on any atom is -0.493 e. The fourth-order valence-corrected chi connectivity index (χ4v) is 2.69. The van der Waals surface area contributed by atoms with Crippen molar-refractivity contribution in [3.8, 4) is 5.75 Å². The van der Waals surface area contributed by atoms with E-state index in [-0.39, 0.29) is 12.0 Å². The third-order valence-corrected chi connectivity index (χ3v) is 4.52. The second kappa shape index (κ2) is 8.36. The number of carbonyl (C=O) groups is 1. The lowest BCUT2D eigenvalue weighted by Gasteiger charge is -2.40. The van der Waals surface area contributed by atoms with E-state index >= 15 is 0 Å². The molecule has 6 heteroatoms. The molecule has 25 heavy (non-hydrogen) atoms. The van der Waals surface area contributed by atoms with Gasteiger partial charge in [0.05, 0.1) is 25.2 Å². The van der Waals surface area contributed by atoms with Gasteiger partial charge in [0, 0.05) is 11.0 Å². The molecule has 5 nitrogen and oxygen atoms in total. The maximum atomic E-state index is 11.9. The van der Waals surface area contributed by atoms with Crippen molar-refractivity contribution in [1.82, 2.24) is 5.32 Å². The first-order chi connectivity index (χ1) is 12.2. The van der Waals surface area contributed by atoms with Crippen molar-refractivity contribution in [2.45, 2.75) is 6.61 Å². The Morgan fingerprint density at radius 3 is 2.48 bits per heavy atom. The van der Waals surface area contributed by atoms with Crippen LogP contribution in [0.15, 0.2) is 59.1 Å². The predicted octanol–water partition coefficient (Wildman–Crippen LogP) is 3.77. The molecule has 2 aromatic carbocycles. The second-order valence-corrected chi connectivity index (χ2v) is 7.07. The summed E-state index contributed by atoms with van der Waals surface area (Å²) in [6, 6.07) is 17.2. The summed E-state index contributed by atoms with van der Waals surface area (Å²) in [5.41, 5.74) is 0.747. The minimum absolute atomic E-state index is 0.209. The van der Waals surface area contributed by atoms with Crippen LogP contribution in [0.5, 0.6) is 5.75 Å². The van der Waals surface area contributed by atoms with Crippen LogP contribution < -0.4 is 10.1 Å². The van der Waals surface area contributed by atoms with E-state index in [0.29, 0.717) is 26.4 Å². The van der Waals surface area contributed by atoms with Gasteiger partial charge in [-0.3, -0.25) is 0 Å². The molecule has 1 aliphatic heterocycles. The van der Waals surface area contributed by atoms with Crippen LogP contribution in [-0.4, -0.2) is 32.5 Å². The Labute approximate surface area is 155 Å². The Morgan fingerprint density at radius 1 is 1.12 bits per heavy atom. The SMILES string of the molecule is O=C(NCC1(COc2ccc(Br)cc2)COC1)OCc1ccccc1. The predicted molar refractivity (Wildman–Crippen MR) is 97.5 cm³/mol. The molecule has 1 aliphatic rings. The first-order valence-electron chi connectivity index (χ1n) is 8.06. The molecule has 2 aromatic rings.